The number of phenolic OH excluding ortho intramolecular Hbond substituents is 1. The van der Waals surface area contributed by atoms with Gasteiger partial charge in [0.05, 0.1) is 10.7 Å². The van der Waals surface area contributed by atoms with E-state index in [1.165, 1.54) is 5.56 Å². The van der Waals surface area contributed by atoms with Gasteiger partial charge < -0.3 is 5.11 Å². The summed E-state index contributed by atoms with van der Waals surface area (Å²) in [6.07, 6.45) is 1.74. The normalized spacial score (nSPS) is 11.1. The fraction of sp³-hybridized carbons (Fsp3) is 0.133. The van der Waals surface area contributed by atoms with Crippen LogP contribution in [-0.2, 0) is 0 Å². The molecule has 0 atom stereocenters. The minimum atomic E-state index is 0.0836. The van der Waals surface area contributed by atoms with Gasteiger partial charge in [-0.2, -0.15) is 0 Å². The van der Waals surface area contributed by atoms with Crippen molar-refractivity contribution >= 4 is 23.5 Å². The predicted molar refractivity (Wildman–Crippen MR) is 76.3 cm³/mol. The van der Waals surface area contributed by atoms with E-state index in [-0.39, 0.29) is 5.75 Å². The van der Waals surface area contributed by atoms with Crippen molar-refractivity contribution in [3.8, 4) is 5.75 Å². The Morgan fingerprint density at radius 2 is 1.89 bits per heavy atom. The van der Waals surface area contributed by atoms with Gasteiger partial charge >= 0.3 is 0 Å². The summed E-state index contributed by atoms with van der Waals surface area (Å²) < 4.78 is 0. The highest BCUT2D eigenvalue weighted by Gasteiger charge is 1.99. The Labute approximate surface area is 112 Å². The highest BCUT2D eigenvalue weighted by Crippen LogP contribution is 2.24. The maximum Gasteiger partial charge on any atom is 0.134 e. The van der Waals surface area contributed by atoms with Crippen LogP contribution < -0.4 is 0 Å². The van der Waals surface area contributed by atoms with Crippen molar-refractivity contribution in [1.82, 2.24) is 0 Å². The Morgan fingerprint density at radius 3 is 2.56 bits per heavy atom. The number of hydrogen-bond donors (Lipinski definition) is 1. The van der Waals surface area contributed by atoms with Gasteiger partial charge in [-0.25, -0.2) is 0 Å². The molecule has 92 valence electrons. The van der Waals surface area contributed by atoms with E-state index in [4.69, 9.17) is 11.6 Å². The minimum Gasteiger partial charge on any atom is -0.506 e. The molecule has 0 saturated heterocycles. The third kappa shape index (κ3) is 2.90. The number of benzene rings is 2. The molecule has 0 radical (unpaired) electrons. The molecule has 18 heavy (non-hydrogen) atoms. The van der Waals surface area contributed by atoms with Crippen LogP contribution in [0.2, 0.25) is 5.02 Å². The third-order valence-corrected chi connectivity index (χ3v) is 2.98. The SMILES string of the molecule is Cc1ccc(N=Cc2ccc(O)c(Cl)c2)c(C)c1. The van der Waals surface area contributed by atoms with Crippen LogP contribution in [0.25, 0.3) is 0 Å². The number of rotatable bonds is 2. The molecular formula is C15H14ClNO. The summed E-state index contributed by atoms with van der Waals surface area (Å²) in [4.78, 5) is 4.42. The second-order valence-electron chi connectivity index (χ2n) is 4.26. The van der Waals surface area contributed by atoms with Gasteiger partial charge in [0, 0.05) is 6.21 Å². The van der Waals surface area contributed by atoms with Gasteiger partial charge in [0.15, 0.2) is 0 Å². The van der Waals surface area contributed by atoms with Gasteiger partial charge in [0.25, 0.3) is 0 Å². The lowest BCUT2D eigenvalue weighted by Crippen LogP contribution is -1.82. The fourth-order valence-corrected chi connectivity index (χ4v) is 1.89. The Balaban J connectivity index is 2.27. The summed E-state index contributed by atoms with van der Waals surface area (Å²) >= 11 is 5.84. The van der Waals surface area contributed by atoms with Crippen LogP contribution in [0.3, 0.4) is 0 Å². The van der Waals surface area contributed by atoms with Crippen LogP contribution in [0.4, 0.5) is 5.69 Å². The topological polar surface area (TPSA) is 32.6 Å². The first-order valence-corrected chi connectivity index (χ1v) is 6.04. The van der Waals surface area contributed by atoms with E-state index in [0.29, 0.717) is 5.02 Å². The van der Waals surface area contributed by atoms with Crippen molar-refractivity contribution in [3.05, 3.63) is 58.1 Å². The Morgan fingerprint density at radius 1 is 1.11 bits per heavy atom. The molecule has 3 heteroatoms. The van der Waals surface area contributed by atoms with Crippen LogP contribution in [0.5, 0.6) is 5.75 Å². The molecule has 0 unspecified atom stereocenters. The molecular weight excluding hydrogens is 246 g/mol. The van der Waals surface area contributed by atoms with E-state index in [9.17, 15) is 5.11 Å². The smallest absolute Gasteiger partial charge is 0.134 e. The molecule has 0 aliphatic carbocycles. The Hall–Kier alpha value is -1.80. The van der Waals surface area contributed by atoms with Gasteiger partial charge in [0.1, 0.15) is 5.75 Å². The van der Waals surface area contributed by atoms with E-state index in [0.717, 1.165) is 16.8 Å². The average Bonchev–Trinajstić information content (AvgIpc) is 2.32. The summed E-state index contributed by atoms with van der Waals surface area (Å²) in [6.45, 7) is 4.09. The molecule has 0 saturated carbocycles. The molecule has 0 aliphatic rings. The number of aliphatic imine (C=N–C) groups is 1. The van der Waals surface area contributed by atoms with Crippen LogP contribution in [0, 0.1) is 13.8 Å². The minimum absolute atomic E-state index is 0.0836. The monoisotopic (exact) mass is 259 g/mol. The summed E-state index contributed by atoms with van der Waals surface area (Å²) in [5, 5.41) is 9.66. The largest absolute Gasteiger partial charge is 0.506 e. The van der Waals surface area contributed by atoms with Gasteiger partial charge in [-0.3, -0.25) is 4.99 Å². The number of halogens is 1. The molecule has 2 aromatic carbocycles. The lowest BCUT2D eigenvalue weighted by molar-refractivity contribution is 0.475. The first kappa shape index (κ1) is 12.7. The zero-order valence-corrected chi connectivity index (χ0v) is 11.1. The van der Waals surface area contributed by atoms with Crippen molar-refractivity contribution < 1.29 is 5.11 Å². The average molecular weight is 260 g/mol. The molecule has 0 bridgehead atoms. The van der Waals surface area contributed by atoms with Gasteiger partial charge in [-0.05, 0) is 49.2 Å². The molecule has 2 nitrogen and oxygen atoms in total. The highest BCUT2D eigenvalue weighted by atomic mass is 35.5. The summed E-state index contributed by atoms with van der Waals surface area (Å²) in [7, 11) is 0. The number of hydrogen-bond acceptors (Lipinski definition) is 2. The van der Waals surface area contributed by atoms with Crippen LogP contribution >= 0.6 is 11.6 Å². The lowest BCUT2D eigenvalue weighted by atomic mass is 10.1. The molecule has 2 rings (SSSR count). The maximum atomic E-state index is 9.33. The molecule has 0 spiro atoms. The fourth-order valence-electron chi connectivity index (χ4n) is 1.70. The van der Waals surface area contributed by atoms with Crippen molar-refractivity contribution in [2.75, 3.05) is 0 Å². The second-order valence-corrected chi connectivity index (χ2v) is 4.67. The van der Waals surface area contributed by atoms with Crippen LogP contribution in [-0.4, -0.2) is 11.3 Å². The number of phenols is 1. The van der Waals surface area contributed by atoms with Gasteiger partial charge in [-0.1, -0.05) is 29.3 Å². The van der Waals surface area contributed by atoms with Gasteiger partial charge in [0.2, 0.25) is 0 Å². The van der Waals surface area contributed by atoms with E-state index >= 15 is 0 Å². The van der Waals surface area contributed by atoms with Gasteiger partial charge in [-0.15, -0.1) is 0 Å². The lowest BCUT2D eigenvalue weighted by Gasteiger charge is -2.01. The molecule has 0 fully saturated rings. The molecule has 0 aromatic heterocycles. The Bertz CT molecular complexity index is 605. The van der Waals surface area contributed by atoms with Crippen LogP contribution in [0.15, 0.2) is 41.4 Å². The number of aromatic hydroxyl groups is 1. The molecule has 0 aliphatic heterocycles. The van der Waals surface area contributed by atoms with Crippen molar-refractivity contribution in [3.63, 3.8) is 0 Å². The highest BCUT2D eigenvalue weighted by molar-refractivity contribution is 6.32. The quantitative estimate of drug-likeness (QED) is 0.796. The predicted octanol–water partition coefficient (Wildman–Crippen LogP) is 4.41. The summed E-state index contributed by atoms with van der Waals surface area (Å²) in [6, 6.07) is 11.1. The Kier molecular flexibility index (Phi) is 3.68. The zero-order chi connectivity index (χ0) is 13.1. The molecule has 2 aromatic rings. The number of nitrogens with zero attached hydrogens (tertiary/aromatic N) is 1. The van der Waals surface area contributed by atoms with E-state index in [1.807, 2.05) is 19.1 Å². The zero-order valence-electron chi connectivity index (χ0n) is 10.3. The maximum absolute atomic E-state index is 9.33. The standard InChI is InChI=1S/C15H14ClNO/c1-10-3-5-14(11(2)7-10)17-9-12-4-6-15(18)13(16)8-12/h3-9,18H,1-2H3. The van der Waals surface area contributed by atoms with Crippen molar-refractivity contribution in [2.45, 2.75) is 13.8 Å². The van der Waals surface area contributed by atoms with E-state index in [1.54, 1.807) is 24.4 Å². The van der Waals surface area contributed by atoms with Crippen molar-refractivity contribution in [2.24, 2.45) is 4.99 Å². The van der Waals surface area contributed by atoms with E-state index < -0.39 is 0 Å². The van der Waals surface area contributed by atoms with E-state index in [2.05, 4.69) is 18.0 Å². The number of aryl methyl sites for hydroxylation is 2. The molecule has 1 N–H and O–H groups in total. The summed E-state index contributed by atoms with van der Waals surface area (Å²) in [5.74, 6) is 0.0836. The summed E-state index contributed by atoms with van der Waals surface area (Å²) in [5.41, 5.74) is 4.15. The third-order valence-electron chi connectivity index (χ3n) is 2.68. The van der Waals surface area contributed by atoms with Crippen LogP contribution in [0.1, 0.15) is 16.7 Å². The first-order valence-electron chi connectivity index (χ1n) is 5.66. The molecule has 0 amide bonds. The molecule has 0 heterocycles. The second kappa shape index (κ2) is 5.23. The van der Waals surface area contributed by atoms with Crippen molar-refractivity contribution in [1.29, 1.82) is 0 Å². The first-order chi connectivity index (χ1) is 8.56.